The Kier molecular flexibility index (Phi) is 4.63. The standard InChI is InChI=1S/C13H13N3/c1-16(11-13(9-15)7-8-14)10-12-5-3-2-4-6-12/h2-6,11H,7,10H2,1H3/b13-11+. The summed E-state index contributed by atoms with van der Waals surface area (Å²) in [5.41, 5.74) is 1.66. The van der Waals surface area contributed by atoms with Crippen LogP contribution in [0, 0.1) is 22.7 Å². The molecule has 0 radical (unpaired) electrons. The van der Waals surface area contributed by atoms with Crippen LogP contribution in [-0.2, 0) is 6.54 Å². The fourth-order valence-corrected chi connectivity index (χ4v) is 1.38. The average molecular weight is 211 g/mol. The highest BCUT2D eigenvalue weighted by Gasteiger charge is 1.98. The molecule has 0 atom stereocenters. The minimum absolute atomic E-state index is 0.162. The van der Waals surface area contributed by atoms with E-state index in [9.17, 15) is 0 Å². The Morgan fingerprint density at radius 1 is 1.31 bits per heavy atom. The van der Waals surface area contributed by atoms with Crippen molar-refractivity contribution in [2.75, 3.05) is 7.05 Å². The number of benzene rings is 1. The second kappa shape index (κ2) is 6.27. The van der Waals surface area contributed by atoms with Crippen LogP contribution < -0.4 is 0 Å². The number of nitriles is 2. The van der Waals surface area contributed by atoms with Gasteiger partial charge in [-0.15, -0.1) is 0 Å². The minimum atomic E-state index is 0.162. The first-order valence-electron chi connectivity index (χ1n) is 4.98. The zero-order valence-electron chi connectivity index (χ0n) is 9.22. The number of hydrogen-bond donors (Lipinski definition) is 0. The van der Waals surface area contributed by atoms with Gasteiger partial charge in [-0.2, -0.15) is 10.5 Å². The van der Waals surface area contributed by atoms with Gasteiger partial charge in [0.15, 0.2) is 0 Å². The van der Waals surface area contributed by atoms with E-state index in [1.54, 1.807) is 6.20 Å². The van der Waals surface area contributed by atoms with E-state index in [1.807, 2.05) is 54.4 Å². The summed E-state index contributed by atoms with van der Waals surface area (Å²) in [6.07, 6.45) is 1.88. The number of allylic oxidation sites excluding steroid dienone is 1. The van der Waals surface area contributed by atoms with Crippen molar-refractivity contribution in [3.8, 4) is 12.1 Å². The molecular weight excluding hydrogens is 198 g/mol. The van der Waals surface area contributed by atoms with Crippen LogP contribution >= 0.6 is 0 Å². The lowest BCUT2D eigenvalue weighted by Gasteiger charge is -2.14. The van der Waals surface area contributed by atoms with Crippen LogP contribution in [0.3, 0.4) is 0 Å². The quantitative estimate of drug-likeness (QED) is 0.719. The fraction of sp³-hybridized carbons (Fsp3) is 0.231. The maximum absolute atomic E-state index is 8.78. The molecule has 0 bridgehead atoms. The average Bonchev–Trinajstić information content (AvgIpc) is 2.29. The first-order valence-corrected chi connectivity index (χ1v) is 4.98. The highest BCUT2D eigenvalue weighted by molar-refractivity contribution is 5.24. The molecule has 0 heterocycles. The van der Waals surface area contributed by atoms with Gasteiger partial charge in [-0.1, -0.05) is 30.3 Å². The largest absolute Gasteiger partial charge is 0.375 e. The topological polar surface area (TPSA) is 50.8 Å². The van der Waals surface area contributed by atoms with Crippen molar-refractivity contribution in [1.82, 2.24) is 4.90 Å². The SMILES string of the molecule is CN(/C=C(/C#N)CC#N)Cc1ccccc1. The van der Waals surface area contributed by atoms with Gasteiger partial charge in [-0.25, -0.2) is 0 Å². The van der Waals surface area contributed by atoms with Gasteiger partial charge in [0.25, 0.3) is 0 Å². The van der Waals surface area contributed by atoms with Crippen molar-refractivity contribution in [3.63, 3.8) is 0 Å². The molecule has 3 heteroatoms. The third kappa shape index (κ3) is 3.86. The van der Waals surface area contributed by atoms with Gasteiger partial charge < -0.3 is 4.90 Å². The molecule has 1 aromatic rings. The zero-order chi connectivity index (χ0) is 11.8. The van der Waals surface area contributed by atoms with Crippen molar-refractivity contribution in [1.29, 1.82) is 10.5 Å². The monoisotopic (exact) mass is 211 g/mol. The molecule has 1 aromatic carbocycles. The Morgan fingerprint density at radius 3 is 2.56 bits per heavy atom. The van der Waals surface area contributed by atoms with E-state index >= 15 is 0 Å². The molecule has 0 spiro atoms. The second-order valence-corrected chi connectivity index (χ2v) is 3.50. The Balaban J connectivity index is 2.64. The maximum atomic E-state index is 8.78. The molecule has 16 heavy (non-hydrogen) atoms. The van der Waals surface area contributed by atoms with Gasteiger partial charge >= 0.3 is 0 Å². The van der Waals surface area contributed by atoms with Crippen LogP contribution in [-0.4, -0.2) is 11.9 Å². The lowest BCUT2D eigenvalue weighted by Crippen LogP contribution is -2.10. The maximum Gasteiger partial charge on any atom is 0.0973 e. The van der Waals surface area contributed by atoms with Crippen molar-refractivity contribution >= 4 is 0 Å². The molecule has 3 nitrogen and oxygen atoms in total. The van der Waals surface area contributed by atoms with E-state index in [-0.39, 0.29) is 6.42 Å². The Hall–Kier alpha value is -2.26. The van der Waals surface area contributed by atoms with Gasteiger partial charge in [0.2, 0.25) is 0 Å². The van der Waals surface area contributed by atoms with Crippen LogP contribution in [0.15, 0.2) is 42.1 Å². The molecule has 0 aliphatic rings. The third-order valence-corrected chi connectivity index (χ3v) is 2.06. The number of hydrogen-bond acceptors (Lipinski definition) is 3. The van der Waals surface area contributed by atoms with Crippen LogP contribution in [0.4, 0.5) is 0 Å². The Morgan fingerprint density at radius 2 is 2.00 bits per heavy atom. The lowest BCUT2D eigenvalue weighted by atomic mass is 10.2. The summed E-state index contributed by atoms with van der Waals surface area (Å²) >= 11 is 0. The Bertz CT molecular complexity index is 434. The lowest BCUT2D eigenvalue weighted by molar-refractivity contribution is 0.448. The molecule has 0 N–H and O–H groups in total. The van der Waals surface area contributed by atoms with E-state index < -0.39 is 0 Å². The highest BCUT2D eigenvalue weighted by Crippen LogP contribution is 2.06. The predicted octanol–water partition coefficient (Wildman–Crippen LogP) is 2.44. The molecular formula is C13H13N3. The molecule has 0 unspecified atom stereocenters. The molecule has 0 saturated carbocycles. The van der Waals surface area contributed by atoms with Gasteiger partial charge in [0.1, 0.15) is 0 Å². The van der Waals surface area contributed by atoms with E-state index in [1.165, 1.54) is 5.56 Å². The molecule has 0 aromatic heterocycles. The number of nitrogens with zero attached hydrogens (tertiary/aromatic N) is 3. The normalized spacial score (nSPS) is 10.3. The van der Waals surface area contributed by atoms with Crippen molar-refractivity contribution in [3.05, 3.63) is 47.7 Å². The van der Waals surface area contributed by atoms with E-state index in [0.717, 1.165) is 6.54 Å². The predicted molar refractivity (Wildman–Crippen MR) is 61.8 cm³/mol. The molecule has 80 valence electrons. The van der Waals surface area contributed by atoms with Gasteiger partial charge in [0, 0.05) is 19.8 Å². The van der Waals surface area contributed by atoms with Crippen LogP contribution in [0.5, 0.6) is 0 Å². The summed E-state index contributed by atoms with van der Waals surface area (Å²) in [5, 5.41) is 17.3. The first kappa shape index (κ1) is 11.8. The number of rotatable bonds is 4. The molecule has 0 saturated heterocycles. The van der Waals surface area contributed by atoms with Crippen molar-refractivity contribution in [2.24, 2.45) is 0 Å². The fourth-order valence-electron chi connectivity index (χ4n) is 1.38. The summed E-state index contributed by atoms with van der Waals surface area (Å²) in [6, 6.07) is 14.0. The summed E-state index contributed by atoms with van der Waals surface area (Å²) < 4.78 is 0. The van der Waals surface area contributed by atoms with Crippen LogP contribution in [0.25, 0.3) is 0 Å². The molecule has 0 aliphatic carbocycles. The third-order valence-electron chi connectivity index (χ3n) is 2.06. The first-order chi connectivity index (χ1) is 7.76. The Labute approximate surface area is 95.8 Å². The molecule has 0 fully saturated rings. The van der Waals surface area contributed by atoms with Crippen LogP contribution in [0.1, 0.15) is 12.0 Å². The summed E-state index contributed by atoms with van der Waals surface area (Å²) in [5.74, 6) is 0. The second-order valence-electron chi connectivity index (χ2n) is 3.50. The summed E-state index contributed by atoms with van der Waals surface area (Å²) in [7, 11) is 1.89. The van der Waals surface area contributed by atoms with Gasteiger partial charge in [-0.3, -0.25) is 0 Å². The van der Waals surface area contributed by atoms with Crippen LogP contribution in [0.2, 0.25) is 0 Å². The van der Waals surface area contributed by atoms with E-state index in [2.05, 4.69) is 0 Å². The van der Waals surface area contributed by atoms with Crippen molar-refractivity contribution < 1.29 is 0 Å². The van der Waals surface area contributed by atoms with E-state index in [0.29, 0.717) is 5.57 Å². The summed E-state index contributed by atoms with van der Waals surface area (Å²) in [4.78, 5) is 1.91. The van der Waals surface area contributed by atoms with Crippen molar-refractivity contribution in [2.45, 2.75) is 13.0 Å². The van der Waals surface area contributed by atoms with Gasteiger partial charge in [-0.05, 0) is 5.56 Å². The van der Waals surface area contributed by atoms with Gasteiger partial charge in [0.05, 0.1) is 24.1 Å². The van der Waals surface area contributed by atoms with E-state index in [4.69, 9.17) is 10.5 Å². The molecule has 1 rings (SSSR count). The highest BCUT2D eigenvalue weighted by atomic mass is 15.1. The molecule has 0 aliphatic heterocycles. The zero-order valence-corrected chi connectivity index (χ0v) is 9.22. The molecule has 0 amide bonds. The smallest absolute Gasteiger partial charge is 0.0973 e. The minimum Gasteiger partial charge on any atom is -0.375 e. The summed E-state index contributed by atoms with van der Waals surface area (Å²) in [6.45, 7) is 0.734.